The summed E-state index contributed by atoms with van der Waals surface area (Å²) in [7, 11) is 0. The molecule has 0 aliphatic heterocycles. The number of aromatic nitrogens is 1. The van der Waals surface area contributed by atoms with Gasteiger partial charge in [0, 0.05) is 5.56 Å². The molecular weight excluding hydrogens is 378 g/mol. The van der Waals surface area contributed by atoms with E-state index in [4.69, 9.17) is 28.6 Å². The number of hydrogen-bond acceptors (Lipinski definition) is 5. The van der Waals surface area contributed by atoms with Crippen LogP contribution in [0.5, 0.6) is 5.75 Å². The molecule has 25 heavy (non-hydrogen) atoms. The predicted octanol–water partition coefficient (Wildman–Crippen LogP) is 4.48. The highest BCUT2D eigenvalue weighted by atomic mass is 35.5. The minimum Gasteiger partial charge on any atom is -0.494 e. The van der Waals surface area contributed by atoms with Gasteiger partial charge in [-0.05, 0) is 55.5 Å². The number of halogens is 1. The van der Waals surface area contributed by atoms with Crippen molar-refractivity contribution in [1.29, 1.82) is 0 Å². The number of carbonyl (C=O) groups excluding carboxylic acids is 1. The number of amides is 1. The Morgan fingerprint density at radius 2 is 2.04 bits per heavy atom. The van der Waals surface area contributed by atoms with Crippen molar-refractivity contribution in [2.24, 2.45) is 0 Å². The molecule has 0 aliphatic rings. The zero-order valence-corrected chi connectivity index (χ0v) is 15.6. The molecule has 1 amide bonds. The summed E-state index contributed by atoms with van der Waals surface area (Å²) in [6.07, 6.45) is 0. The minimum absolute atomic E-state index is 0.175. The fourth-order valence-corrected chi connectivity index (χ4v) is 3.57. The van der Waals surface area contributed by atoms with Gasteiger partial charge in [0.1, 0.15) is 11.3 Å². The van der Waals surface area contributed by atoms with Crippen LogP contribution in [0.4, 0.5) is 5.13 Å². The van der Waals surface area contributed by atoms with Crippen molar-refractivity contribution in [2.45, 2.75) is 6.92 Å². The van der Waals surface area contributed by atoms with Crippen LogP contribution < -0.4 is 15.4 Å². The lowest BCUT2D eigenvalue weighted by molar-refractivity contribution is 0.0977. The first-order valence-electron chi connectivity index (χ1n) is 7.47. The number of rotatable bonds is 4. The van der Waals surface area contributed by atoms with Gasteiger partial charge in [0.05, 0.1) is 16.3 Å². The van der Waals surface area contributed by atoms with Crippen LogP contribution in [-0.2, 0) is 0 Å². The van der Waals surface area contributed by atoms with Gasteiger partial charge in [0.2, 0.25) is 0 Å². The number of benzene rings is 2. The van der Waals surface area contributed by atoms with E-state index in [1.54, 1.807) is 30.3 Å². The molecule has 3 rings (SSSR count). The number of nitrogens with zero attached hydrogens (tertiary/aromatic N) is 1. The van der Waals surface area contributed by atoms with Gasteiger partial charge >= 0.3 is 0 Å². The van der Waals surface area contributed by atoms with Gasteiger partial charge in [-0.1, -0.05) is 29.0 Å². The van der Waals surface area contributed by atoms with E-state index in [0.717, 1.165) is 4.70 Å². The molecule has 0 radical (unpaired) electrons. The third kappa shape index (κ3) is 4.25. The molecular formula is C17H14ClN3O2S2. The summed E-state index contributed by atoms with van der Waals surface area (Å²) in [5.74, 6) is 0.408. The Morgan fingerprint density at radius 1 is 1.28 bits per heavy atom. The highest BCUT2D eigenvalue weighted by molar-refractivity contribution is 7.80. The lowest BCUT2D eigenvalue weighted by Crippen LogP contribution is -2.34. The van der Waals surface area contributed by atoms with Crippen LogP contribution in [0.2, 0.25) is 5.02 Å². The fourth-order valence-electron chi connectivity index (χ4n) is 2.14. The smallest absolute Gasteiger partial charge is 0.257 e. The average molecular weight is 392 g/mol. The first-order valence-corrected chi connectivity index (χ1v) is 9.07. The van der Waals surface area contributed by atoms with Crippen molar-refractivity contribution >= 4 is 61.5 Å². The van der Waals surface area contributed by atoms with Crippen molar-refractivity contribution in [3.05, 3.63) is 53.1 Å². The Bertz CT molecular complexity index is 925. The average Bonchev–Trinajstić information content (AvgIpc) is 2.99. The molecule has 0 spiro atoms. The van der Waals surface area contributed by atoms with Gasteiger partial charge in [-0.15, -0.1) is 0 Å². The Hall–Kier alpha value is -2.22. The van der Waals surface area contributed by atoms with Crippen LogP contribution in [0.15, 0.2) is 42.5 Å². The van der Waals surface area contributed by atoms with E-state index in [1.165, 1.54) is 11.3 Å². The first-order chi connectivity index (χ1) is 12.1. The van der Waals surface area contributed by atoms with Crippen LogP contribution in [-0.4, -0.2) is 22.6 Å². The van der Waals surface area contributed by atoms with Gasteiger partial charge < -0.3 is 10.1 Å². The molecule has 3 aromatic rings. The molecule has 0 saturated carbocycles. The lowest BCUT2D eigenvalue weighted by atomic mass is 10.2. The van der Waals surface area contributed by atoms with Crippen LogP contribution in [0.3, 0.4) is 0 Å². The lowest BCUT2D eigenvalue weighted by Gasteiger charge is -2.08. The van der Waals surface area contributed by atoms with Gasteiger partial charge in [-0.3, -0.25) is 10.1 Å². The molecule has 8 heteroatoms. The molecule has 128 valence electrons. The number of thiazole rings is 1. The van der Waals surface area contributed by atoms with Crippen molar-refractivity contribution in [3.63, 3.8) is 0 Å². The van der Waals surface area contributed by atoms with Crippen molar-refractivity contribution in [2.75, 3.05) is 11.9 Å². The maximum Gasteiger partial charge on any atom is 0.257 e. The largest absolute Gasteiger partial charge is 0.494 e. The normalized spacial score (nSPS) is 10.5. The number of ether oxygens (including phenoxy) is 1. The monoisotopic (exact) mass is 391 g/mol. The molecule has 5 nitrogen and oxygen atoms in total. The van der Waals surface area contributed by atoms with Gasteiger partial charge in [-0.2, -0.15) is 0 Å². The SMILES string of the molecule is CCOc1ccc(C(=O)NC(=S)Nc2nc3c(Cl)cccc3s2)cc1. The van der Waals surface area contributed by atoms with Crippen LogP contribution in [0.1, 0.15) is 17.3 Å². The van der Waals surface area contributed by atoms with E-state index in [2.05, 4.69) is 15.6 Å². The molecule has 2 aromatic carbocycles. The Kier molecular flexibility index (Phi) is 5.47. The summed E-state index contributed by atoms with van der Waals surface area (Å²) in [5, 5.41) is 6.86. The van der Waals surface area contributed by atoms with Crippen molar-refractivity contribution in [1.82, 2.24) is 10.3 Å². The quantitative estimate of drug-likeness (QED) is 0.642. The van der Waals surface area contributed by atoms with Crippen LogP contribution in [0.25, 0.3) is 10.2 Å². The summed E-state index contributed by atoms with van der Waals surface area (Å²) in [5.41, 5.74) is 1.19. The highest BCUT2D eigenvalue weighted by Gasteiger charge is 2.11. The van der Waals surface area contributed by atoms with Crippen LogP contribution in [0, 0.1) is 0 Å². The number of nitrogens with one attached hydrogen (secondary N) is 2. The van der Waals surface area contributed by atoms with E-state index < -0.39 is 0 Å². The van der Waals surface area contributed by atoms with Gasteiger partial charge in [0.25, 0.3) is 5.91 Å². The fraction of sp³-hybridized carbons (Fsp3) is 0.118. The summed E-state index contributed by atoms with van der Waals surface area (Å²) in [6, 6.07) is 12.4. The number of carbonyl (C=O) groups is 1. The maximum atomic E-state index is 12.2. The Balaban J connectivity index is 1.64. The molecule has 0 atom stereocenters. The highest BCUT2D eigenvalue weighted by Crippen LogP contribution is 2.30. The second kappa shape index (κ2) is 7.77. The summed E-state index contributed by atoms with van der Waals surface area (Å²) in [4.78, 5) is 16.6. The minimum atomic E-state index is -0.306. The molecule has 0 fully saturated rings. The number of anilines is 1. The third-order valence-electron chi connectivity index (χ3n) is 3.24. The van der Waals surface area contributed by atoms with E-state index in [1.807, 2.05) is 19.1 Å². The molecule has 2 N–H and O–H groups in total. The zero-order chi connectivity index (χ0) is 17.8. The summed E-state index contributed by atoms with van der Waals surface area (Å²) in [6.45, 7) is 2.48. The molecule has 0 unspecified atom stereocenters. The Morgan fingerprint density at radius 3 is 2.72 bits per heavy atom. The van der Waals surface area contributed by atoms with Crippen LogP contribution >= 0.6 is 35.2 Å². The Labute approximate surface area is 159 Å². The number of hydrogen-bond donors (Lipinski definition) is 2. The van der Waals surface area contributed by atoms with E-state index in [-0.39, 0.29) is 11.0 Å². The second-order valence-electron chi connectivity index (χ2n) is 4.97. The van der Waals surface area contributed by atoms with E-state index in [0.29, 0.717) is 33.6 Å². The standard InChI is InChI=1S/C17H14ClN3O2S2/c1-2-23-11-8-6-10(7-9-11)15(22)20-16(24)21-17-19-14-12(18)4-3-5-13(14)25-17/h3-9H,2H2,1H3,(H2,19,20,21,22,24). The second-order valence-corrected chi connectivity index (χ2v) is 6.82. The number of fused-ring (bicyclic) bond motifs is 1. The van der Waals surface area contributed by atoms with Gasteiger partial charge in [0.15, 0.2) is 10.2 Å². The molecule has 1 heterocycles. The van der Waals surface area contributed by atoms with E-state index in [9.17, 15) is 4.79 Å². The number of para-hydroxylation sites is 1. The molecule has 0 aliphatic carbocycles. The molecule has 0 saturated heterocycles. The predicted molar refractivity (Wildman–Crippen MR) is 106 cm³/mol. The first kappa shape index (κ1) is 17.6. The summed E-state index contributed by atoms with van der Waals surface area (Å²) >= 11 is 12.7. The third-order valence-corrected chi connectivity index (χ3v) is 4.69. The van der Waals surface area contributed by atoms with Crippen molar-refractivity contribution in [3.8, 4) is 5.75 Å². The summed E-state index contributed by atoms with van der Waals surface area (Å²) < 4.78 is 6.29. The number of thiocarbonyl (C=S) groups is 1. The zero-order valence-electron chi connectivity index (χ0n) is 13.2. The maximum absolute atomic E-state index is 12.2. The topological polar surface area (TPSA) is 63.2 Å². The van der Waals surface area contributed by atoms with Crippen molar-refractivity contribution < 1.29 is 9.53 Å². The molecule has 0 bridgehead atoms. The molecule has 1 aromatic heterocycles. The van der Waals surface area contributed by atoms with Gasteiger partial charge in [-0.25, -0.2) is 4.98 Å². The van der Waals surface area contributed by atoms with E-state index >= 15 is 0 Å².